The molecule has 0 spiro atoms. The van der Waals surface area contributed by atoms with Gasteiger partial charge in [0.1, 0.15) is 0 Å². The summed E-state index contributed by atoms with van der Waals surface area (Å²) >= 11 is 0. The van der Waals surface area contributed by atoms with Gasteiger partial charge < -0.3 is 9.67 Å². The highest BCUT2D eigenvalue weighted by atomic mass is 32.2. The first kappa shape index (κ1) is 14.4. The third-order valence-electron chi connectivity index (χ3n) is 2.17. The summed E-state index contributed by atoms with van der Waals surface area (Å²) in [5.41, 5.74) is -0.301. The van der Waals surface area contributed by atoms with Crippen molar-refractivity contribution in [3.05, 3.63) is 34.2 Å². The van der Waals surface area contributed by atoms with Gasteiger partial charge in [0.2, 0.25) is 10.0 Å². The lowest BCUT2D eigenvalue weighted by molar-refractivity contribution is 0.0695. The van der Waals surface area contributed by atoms with Crippen molar-refractivity contribution in [1.82, 2.24) is 9.29 Å². The summed E-state index contributed by atoms with van der Waals surface area (Å²) < 4.78 is 25.1. The number of aryl methyl sites for hydroxylation is 1. The van der Waals surface area contributed by atoms with Gasteiger partial charge in [0.15, 0.2) is 0 Å². The van der Waals surface area contributed by atoms with Crippen molar-refractivity contribution in [1.29, 1.82) is 0 Å². The minimum Gasteiger partial charge on any atom is -0.478 e. The quantitative estimate of drug-likeness (QED) is 0.679. The Morgan fingerprint density at radius 3 is 2.67 bits per heavy atom. The molecule has 0 bridgehead atoms. The molecule has 0 fully saturated rings. The van der Waals surface area contributed by atoms with Gasteiger partial charge in [-0.2, -0.15) is 0 Å². The molecule has 1 aromatic heterocycles. The predicted molar refractivity (Wildman–Crippen MR) is 65.1 cm³/mol. The van der Waals surface area contributed by atoms with E-state index in [0.29, 0.717) is 6.42 Å². The minimum atomic E-state index is -3.24. The number of aromatic carboxylic acids is 1. The molecule has 0 aromatic carbocycles. The number of aromatic nitrogens is 1. The zero-order chi connectivity index (χ0) is 13.8. The van der Waals surface area contributed by atoms with E-state index in [2.05, 4.69) is 4.72 Å². The fraction of sp³-hybridized carbons (Fsp3) is 0.400. The third kappa shape index (κ3) is 4.68. The topological polar surface area (TPSA) is 105 Å². The molecular formula is C10H14N2O5S. The second kappa shape index (κ2) is 5.78. The van der Waals surface area contributed by atoms with Gasteiger partial charge in [-0.3, -0.25) is 4.79 Å². The van der Waals surface area contributed by atoms with Crippen LogP contribution >= 0.6 is 0 Å². The van der Waals surface area contributed by atoms with Gasteiger partial charge in [0, 0.05) is 25.4 Å². The van der Waals surface area contributed by atoms with Crippen molar-refractivity contribution in [2.45, 2.75) is 13.0 Å². The van der Waals surface area contributed by atoms with E-state index >= 15 is 0 Å². The molecule has 7 nitrogen and oxygen atoms in total. The number of pyridine rings is 1. The van der Waals surface area contributed by atoms with E-state index in [1.54, 1.807) is 0 Å². The van der Waals surface area contributed by atoms with Crippen molar-refractivity contribution in [3.63, 3.8) is 0 Å². The maximum absolute atomic E-state index is 11.4. The van der Waals surface area contributed by atoms with Crippen molar-refractivity contribution < 1.29 is 18.3 Å². The first-order chi connectivity index (χ1) is 8.29. The Morgan fingerprint density at radius 2 is 2.11 bits per heavy atom. The number of hydrogen-bond donors (Lipinski definition) is 2. The summed E-state index contributed by atoms with van der Waals surface area (Å²) in [5, 5.41) is 8.77. The summed E-state index contributed by atoms with van der Waals surface area (Å²) in [7, 11) is -3.24. The van der Waals surface area contributed by atoms with Crippen molar-refractivity contribution in [2.75, 3.05) is 12.8 Å². The summed E-state index contributed by atoms with van der Waals surface area (Å²) in [4.78, 5) is 22.1. The van der Waals surface area contributed by atoms with E-state index in [1.807, 2.05) is 0 Å². The van der Waals surface area contributed by atoms with E-state index in [4.69, 9.17) is 5.11 Å². The average Bonchev–Trinajstić information content (AvgIpc) is 2.24. The van der Waals surface area contributed by atoms with Crippen molar-refractivity contribution in [3.8, 4) is 0 Å². The van der Waals surface area contributed by atoms with Gasteiger partial charge in [-0.1, -0.05) is 0 Å². The normalized spacial score (nSPS) is 11.4. The van der Waals surface area contributed by atoms with E-state index in [-0.39, 0.29) is 24.2 Å². The molecule has 0 atom stereocenters. The molecule has 0 aliphatic rings. The van der Waals surface area contributed by atoms with E-state index in [1.165, 1.54) is 22.9 Å². The standard InChI is InChI=1S/C10H14N2O5S/c1-18(16,17)11-5-2-6-12-7-8(10(14)15)3-4-9(12)13/h3-4,7,11H,2,5-6H2,1H3,(H,14,15). The number of carboxylic acids is 1. The molecular weight excluding hydrogens is 260 g/mol. The molecule has 18 heavy (non-hydrogen) atoms. The maximum Gasteiger partial charge on any atom is 0.337 e. The second-order valence-corrected chi connectivity index (χ2v) is 5.61. The van der Waals surface area contributed by atoms with Crippen LogP contribution in [0.3, 0.4) is 0 Å². The van der Waals surface area contributed by atoms with Gasteiger partial charge in [-0.25, -0.2) is 17.9 Å². The second-order valence-electron chi connectivity index (χ2n) is 3.77. The van der Waals surface area contributed by atoms with Gasteiger partial charge in [0.05, 0.1) is 11.8 Å². The number of hydrogen-bond acceptors (Lipinski definition) is 4. The summed E-state index contributed by atoms with van der Waals surface area (Å²) in [6, 6.07) is 2.41. The van der Waals surface area contributed by atoms with Crippen LogP contribution in [-0.2, 0) is 16.6 Å². The number of nitrogens with one attached hydrogen (secondary N) is 1. The highest BCUT2D eigenvalue weighted by Crippen LogP contribution is 1.96. The number of sulfonamides is 1. The van der Waals surface area contributed by atoms with Crippen molar-refractivity contribution in [2.24, 2.45) is 0 Å². The fourth-order valence-corrected chi connectivity index (χ4v) is 1.85. The monoisotopic (exact) mass is 274 g/mol. The lowest BCUT2D eigenvalue weighted by Crippen LogP contribution is -2.26. The van der Waals surface area contributed by atoms with Crippen LogP contribution in [-0.4, -0.2) is 36.9 Å². The average molecular weight is 274 g/mol. The highest BCUT2D eigenvalue weighted by Gasteiger charge is 2.05. The number of rotatable bonds is 6. The number of carboxylic acid groups (broad SMARTS) is 1. The molecule has 1 aromatic rings. The highest BCUT2D eigenvalue weighted by molar-refractivity contribution is 7.88. The Kier molecular flexibility index (Phi) is 4.62. The molecule has 0 aliphatic heterocycles. The van der Waals surface area contributed by atoms with Crippen LogP contribution in [0.25, 0.3) is 0 Å². The molecule has 2 N–H and O–H groups in total. The van der Waals surface area contributed by atoms with Gasteiger partial charge in [0.25, 0.3) is 5.56 Å². The van der Waals surface area contributed by atoms with Crippen LogP contribution in [0.2, 0.25) is 0 Å². The molecule has 1 rings (SSSR count). The van der Waals surface area contributed by atoms with Crippen LogP contribution in [0.5, 0.6) is 0 Å². The molecule has 1 heterocycles. The minimum absolute atomic E-state index is 0.0191. The Morgan fingerprint density at radius 1 is 1.44 bits per heavy atom. The SMILES string of the molecule is CS(=O)(=O)NCCCn1cc(C(=O)O)ccc1=O. The van der Waals surface area contributed by atoms with E-state index in [9.17, 15) is 18.0 Å². The molecule has 0 unspecified atom stereocenters. The summed E-state index contributed by atoms with van der Waals surface area (Å²) in [6.07, 6.45) is 2.69. The molecule has 0 aliphatic carbocycles. The third-order valence-corrected chi connectivity index (χ3v) is 2.90. The Hall–Kier alpha value is -1.67. The van der Waals surface area contributed by atoms with E-state index < -0.39 is 16.0 Å². The van der Waals surface area contributed by atoms with Crippen LogP contribution < -0.4 is 10.3 Å². The smallest absolute Gasteiger partial charge is 0.337 e. The molecule has 0 radical (unpaired) electrons. The molecule has 8 heteroatoms. The largest absolute Gasteiger partial charge is 0.478 e. The van der Waals surface area contributed by atoms with Crippen LogP contribution in [0, 0.1) is 0 Å². The van der Waals surface area contributed by atoms with E-state index in [0.717, 1.165) is 6.26 Å². The Labute approximate surface area is 104 Å². The summed E-state index contributed by atoms with van der Waals surface area (Å²) in [6.45, 7) is 0.449. The molecule has 100 valence electrons. The first-order valence-corrected chi connectivity index (χ1v) is 7.07. The Bertz CT molecular complexity index is 591. The van der Waals surface area contributed by atoms with Gasteiger partial charge in [-0.15, -0.1) is 0 Å². The van der Waals surface area contributed by atoms with Crippen LogP contribution in [0.4, 0.5) is 0 Å². The lowest BCUT2D eigenvalue weighted by atomic mass is 10.3. The predicted octanol–water partition coefficient (Wildman–Crippen LogP) is -0.514. The molecule has 0 amide bonds. The zero-order valence-corrected chi connectivity index (χ0v) is 10.6. The lowest BCUT2D eigenvalue weighted by Gasteiger charge is -2.06. The van der Waals surface area contributed by atoms with Crippen LogP contribution in [0.1, 0.15) is 16.8 Å². The number of carbonyl (C=O) groups is 1. The molecule has 0 saturated heterocycles. The zero-order valence-electron chi connectivity index (χ0n) is 9.79. The number of nitrogens with zero attached hydrogens (tertiary/aromatic N) is 1. The van der Waals surface area contributed by atoms with Crippen molar-refractivity contribution >= 4 is 16.0 Å². The fourth-order valence-electron chi connectivity index (χ4n) is 1.34. The maximum atomic E-state index is 11.4. The Balaban J connectivity index is 2.64. The van der Waals surface area contributed by atoms with Gasteiger partial charge in [-0.05, 0) is 12.5 Å². The first-order valence-electron chi connectivity index (χ1n) is 5.18. The molecule has 0 saturated carbocycles. The van der Waals surface area contributed by atoms with Crippen LogP contribution in [0.15, 0.2) is 23.1 Å². The van der Waals surface area contributed by atoms with Gasteiger partial charge >= 0.3 is 5.97 Å². The summed E-state index contributed by atoms with van der Waals surface area (Å²) in [5.74, 6) is -1.11.